The zero-order chi connectivity index (χ0) is 20.7. The highest BCUT2D eigenvalue weighted by Crippen LogP contribution is 2.56. The number of aromatic nitrogens is 2. The molecular weight excluding hydrogens is 453 g/mol. The summed E-state index contributed by atoms with van der Waals surface area (Å²) in [5.74, 6) is 1.09. The number of dihydropyridines is 1. The molecule has 3 nitrogen and oxygen atoms in total. The molecule has 0 amide bonds. The second-order valence-electron chi connectivity index (χ2n) is 7.94. The van der Waals surface area contributed by atoms with Gasteiger partial charge in [-0.25, -0.2) is 9.97 Å². The Bertz CT molecular complexity index is 1050. The Morgan fingerprint density at radius 1 is 1.20 bits per heavy atom. The van der Waals surface area contributed by atoms with E-state index in [0.29, 0.717) is 16.0 Å². The van der Waals surface area contributed by atoms with Gasteiger partial charge in [0.2, 0.25) is 0 Å². The third kappa shape index (κ3) is 3.83. The van der Waals surface area contributed by atoms with E-state index in [0.717, 1.165) is 22.8 Å². The van der Waals surface area contributed by atoms with Crippen LogP contribution in [0.15, 0.2) is 50.6 Å². The number of halogens is 2. The van der Waals surface area contributed by atoms with E-state index in [1.54, 1.807) is 35.3 Å². The predicted octanol–water partition coefficient (Wildman–Crippen LogP) is 7.72. The fraction of sp³-hybridized carbons (Fsp3) is 0.435. The third-order valence-electron chi connectivity index (χ3n) is 6.03. The van der Waals surface area contributed by atoms with Gasteiger partial charge >= 0.3 is 0 Å². The SMILES string of the molecule is CCCCC1=NC2Sc3c(SCc4ccc(Cl)cc4Cl)ncnc3C2C2=C1CCC2. The van der Waals surface area contributed by atoms with E-state index >= 15 is 0 Å². The van der Waals surface area contributed by atoms with Gasteiger partial charge in [0.25, 0.3) is 0 Å². The molecule has 30 heavy (non-hydrogen) atoms. The van der Waals surface area contributed by atoms with Crippen LogP contribution in [0.5, 0.6) is 0 Å². The Kier molecular flexibility index (Phi) is 6.16. The summed E-state index contributed by atoms with van der Waals surface area (Å²) < 4.78 is 0. The molecule has 3 aliphatic rings. The van der Waals surface area contributed by atoms with E-state index in [4.69, 9.17) is 33.2 Å². The maximum atomic E-state index is 6.37. The van der Waals surface area contributed by atoms with Crippen LogP contribution in [0.2, 0.25) is 10.0 Å². The lowest BCUT2D eigenvalue weighted by atomic mass is 9.87. The van der Waals surface area contributed by atoms with Crippen LogP contribution in [-0.4, -0.2) is 21.1 Å². The number of aliphatic imine (C=N–C) groups is 1. The second kappa shape index (κ2) is 8.85. The van der Waals surface area contributed by atoms with Crippen molar-refractivity contribution in [3.8, 4) is 0 Å². The highest BCUT2D eigenvalue weighted by atomic mass is 35.5. The molecule has 5 rings (SSSR count). The monoisotopic (exact) mass is 475 g/mol. The number of rotatable bonds is 6. The first-order valence-corrected chi connectivity index (χ1v) is 13.1. The van der Waals surface area contributed by atoms with Gasteiger partial charge in [-0.15, -0.1) is 11.8 Å². The molecule has 1 aromatic carbocycles. The molecule has 0 saturated carbocycles. The van der Waals surface area contributed by atoms with Crippen LogP contribution in [-0.2, 0) is 5.75 Å². The Hall–Kier alpha value is -1.01. The quantitative estimate of drug-likeness (QED) is 0.316. The molecule has 3 heterocycles. The highest BCUT2D eigenvalue weighted by molar-refractivity contribution is 8.02. The van der Waals surface area contributed by atoms with Crippen LogP contribution < -0.4 is 0 Å². The van der Waals surface area contributed by atoms with Crippen molar-refractivity contribution in [2.24, 2.45) is 4.99 Å². The number of nitrogens with zero attached hydrogens (tertiary/aromatic N) is 3. The van der Waals surface area contributed by atoms with Gasteiger partial charge in [-0.1, -0.05) is 59.9 Å². The minimum atomic E-state index is 0.221. The maximum absolute atomic E-state index is 6.37. The molecule has 0 radical (unpaired) electrons. The fourth-order valence-corrected chi connectivity index (χ4v) is 7.66. The average Bonchev–Trinajstić information content (AvgIpc) is 3.36. The number of hydrogen-bond donors (Lipinski definition) is 0. The first-order valence-electron chi connectivity index (χ1n) is 10.5. The molecule has 7 heteroatoms. The Morgan fingerprint density at radius 3 is 2.93 bits per heavy atom. The summed E-state index contributed by atoms with van der Waals surface area (Å²) in [4.78, 5) is 15.8. The van der Waals surface area contributed by atoms with Crippen molar-refractivity contribution in [3.05, 3.63) is 57.0 Å². The third-order valence-corrected chi connectivity index (χ3v) is 9.04. The summed E-state index contributed by atoms with van der Waals surface area (Å²) in [6, 6.07) is 5.68. The first kappa shape index (κ1) is 20.9. The lowest BCUT2D eigenvalue weighted by molar-refractivity contribution is 0.687. The predicted molar refractivity (Wildman–Crippen MR) is 128 cm³/mol. The average molecular weight is 476 g/mol. The molecule has 2 aromatic rings. The maximum Gasteiger partial charge on any atom is 0.117 e. The van der Waals surface area contributed by atoms with Gasteiger partial charge in [0.05, 0.1) is 16.5 Å². The van der Waals surface area contributed by atoms with E-state index in [-0.39, 0.29) is 5.37 Å². The van der Waals surface area contributed by atoms with E-state index in [2.05, 4.69) is 11.9 Å². The van der Waals surface area contributed by atoms with Crippen LogP contribution in [0.4, 0.5) is 0 Å². The van der Waals surface area contributed by atoms with Gasteiger partial charge in [-0.05, 0) is 55.4 Å². The Balaban J connectivity index is 1.43. The van der Waals surface area contributed by atoms with E-state index < -0.39 is 0 Å². The Morgan fingerprint density at radius 2 is 2.10 bits per heavy atom. The summed E-state index contributed by atoms with van der Waals surface area (Å²) in [6.07, 6.45) is 8.88. The van der Waals surface area contributed by atoms with Crippen LogP contribution >= 0.6 is 46.7 Å². The number of benzene rings is 1. The molecule has 2 atom stereocenters. The van der Waals surface area contributed by atoms with Gasteiger partial charge in [0, 0.05) is 21.5 Å². The second-order valence-corrected chi connectivity index (χ2v) is 10.9. The lowest BCUT2D eigenvalue weighted by Crippen LogP contribution is -2.21. The molecule has 2 aliphatic heterocycles. The number of fused-ring (bicyclic) bond motifs is 4. The summed E-state index contributed by atoms with van der Waals surface area (Å²) >= 11 is 16.0. The number of thioether (sulfide) groups is 2. The summed E-state index contributed by atoms with van der Waals surface area (Å²) in [5.41, 5.74) is 6.75. The van der Waals surface area contributed by atoms with Crippen LogP contribution in [0.3, 0.4) is 0 Å². The first-order chi connectivity index (χ1) is 14.7. The molecule has 0 bridgehead atoms. The van der Waals surface area contributed by atoms with Crippen molar-refractivity contribution < 1.29 is 0 Å². The standard InChI is InChI=1S/C23H23Cl2N3S2/c1-2-3-7-18-15-5-4-6-16(15)19-20-21(30-22(19)28-18)23(27-12-26-20)29-11-13-8-9-14(24)10-17(13)25/h8-10,12,19,22H,2-7,11H2,1H3. The van der Waals surface area contributed by atoms with E-state index in [1.165, 1.54) is 48.4 Å². The zero-order valence-corrected chi connectivity index (χ0v) is 20.0. The van der Waals surface area contributed by atoms with Gasteiger partial charge in [0.15, 0.2) is 0 Å². The van der Waals surface area contributed by atoms with Gasteiger partial charge in [-0.2, -0.15) is 0 Å². The Labute approximate surface area is 196 Å². The van der Waals surface area contributed by atoms with E-state index in [1.807, 2.05) is 23.9 Å². The largest absolute Gasteiger partial charge is 0.274 e. The van der Waals surface area contributed by atoms with Gasteiger partial charge in [-0.3, -0.25) is 4.99 Å². The minimum absolute atomic E-state index is 0.221. The highest BCUT2D eigenvalue weighted by Gasteiger charge is 2.44. The van der Waals surface area contributed by atoms with Crippen molar-refractivity contribution in [1.29, 1.82) is 0 Å². The number of allylic oxidation sites excluding steroid dienone is 1. The smallest absolute Gasteiger partial charge is 0.117 e. The van der Waals surface area contributed by atoms with Crippen LogP contribution in [0.1, 0.15) is 62.6 Å². The summed E-state index contributed by atoms with van der Waals surface area (Å²) in [5, 5.41) is 2.62. The molecule has 0 spiro atoms. The van der Waals surface area contributed by atoms with Crippen molar-refractivity contribution in [1.82, 2.24) is 9.97 Å². The lowest BCUT2D eigenvalue weighted by Gasteiger charge is -2.26. The number of hydrogen-bond acceptors (Lipinski definition) is 5. The molecule has 156 valence electrons. The van der Waals surface area contributed by atoms with Crippen LogP contribution in [0.25, 0.3) is 0 Å². The normalized spacial score (nSPS) is 22.0. The topological polar surface area (TPSA) is 38.1 Å². The molecule has 0 N–H and O–H groups in total. The number of unbranched alkanes of at least 4 members (excludes halogenated alkanes) is 1. The molecule has 0 saturated heterocycles. The van der Waals surface area contributed by atoms with Crippen molar-refractivity contribution in [3.63, 3.8) is 0 Å². The van der Waals surface area contributed by atoms with Gasteiger partial charge in [0.1, 0.15) is 16.7 Å². The van der Waals surface area contributed by atoms with Crippen molar-refractivity contribution in [2.75, 3.05) is 0 Å². The molecule has 1 aliphatic carbocycles. The van der Waals surface area contributed by atoms with E-state index in [9.17, 15) is 0 Å². The molecule has 1 aromatic heterocycles. The minimum Gasteiger partial charge on any atom is -0.274 e. The molecular formula is C23H23Cl2N3S2. The summed E-state index contributed by atoms with van der Waals surface area (Å²) in [7, 11) is 0. The van der Waals surface area contributed by atoms with Crippen molar-refractivity contribution >= 4 is 52.4 Å². The van der Waals surface area contributed by atoms with Gasteiger partial charge < -0.3 is 0 Å². The zero-order valence-electron chi connectivity index (χ0n) is 16.8. The molecule has 0 fully saturated rings. The fourth-order valence-electron chi connectivity index (χ4n) is 4.58. The van der Waals surface area contributed by atoms with Crippen molar-refractivity contribution in [2.45, 2.75) is 72.4 Å². The summed E-state index contributed by atoms with van der Waals surface area (Å²) in [6.45, 7) is 2.25. The molecule has 2 unspecified atom stereocenters. The van der Waals surface area contributed by atoms with Crippen LogP contribution in [0, 0.1) is 0 Å².